The Balaban J connectivity index is 1.59. The van der Waals surface area contributed by atoms with Crippen LogP contribution in [0.5, 0.6) is 0 Å². The lowest BCUT2D eigenvalue weighted by Crippen LogP contribution is -2.31. The van der Waals surface area contributed by atoms with Crippen molar-refractivity contribution < 1.29 is 14.4 Å². The van der Waals surface area contributed by atoms with E-state index in [0.717, 1.165) is 16.2 Å². The van der Waals surface area contributed by atoms with Gasteiger partial charge < -0.3 is 5.32 Å². The number of imide groups is 1. The van der Waals surface area contributed by atoms with Crippen LogP contribution in [0.4, 0.5) is 11.4 Å². The van der Waals surface area contributed by atoms with Crippen LogP contribution in [0, 0.1) is 0 Å². The van der Waals surface area contributed by atoms with Gasteiger partial charge in [-0.2, -0.15) is 0 Å². The van der Waals surface area contributed by atoms with Gasteiger partial charge >= 0.3 is 0 Å². The minimum atomic E-state index is -0.559. The van der Waals surface area contributed by atoms with Gasteiger partial charge in [0, 0.05) is 21.6 Å². The Morgan fingerprint density at radius 3 is 2.65 bits per heavy atom. The van der Waals surface area contributed by atoms with E-state index in [9.17, 15) is 14.4 Å². The van der Waals surface area contributed by atoms with Crippen LogP contribution in [0.1, 0.15) is 6.42 Å². The Hall–Kier alpha value is -1.83. The molecule has 0 unspecified atom stereocenters. The number of nitrogens with zero attached hydrogens (tertiary/aromatic N) is 1. The molecule has 1 aliphatic rings. The van der Waals surface area contributed by atoms with Crippen LogP contribution in [0.25, 0.3) is 0 Å². The van der Waals surface area contributed by atoms with Gasteiger partial charge in [0.1, 0.15) is 0 Å². The fourth-order valence-corrected chi connectivity index (χ4v) is 3.92. The Morgan fingerprint density at radius 2 is 1.96 bits per heavy atom. The number of carbonyl (C=O) groups excluding carboxylic acids is 3. The highest BCUT2D eigenvalue weighted by molar-refractivity contribution is 9.10. The minimum Gasteiger partial charge on any atom is -0.325 e. The zero-order valence-electron chi connectivity index (χ0n) is 13.4. The van der Waals surface area contributed by atoms with E-state index >= 15 is 0 Å². The van der Waals surface area contributed by atoms with Gasteiger partial charge in [-0.05, 0) is 42.5 Å². The van der Waals surface area contributed by atoms with Crippen molar-refractivity contribution in [1.82, 2.24) is 0 Å². The van der Waals surface area contributed by atoms with E-state index in [1.807, 2.05) is 0 Å². The van der Waals surface area contributed by atoms with Gasteiger partial charge in [-0.15, -0.1) is 11.8 Å². The first kappa shape index (κ1) is 18.9. The fourth-order valence-electron chi connectivity index (χ4n) is 2.54. The third-order valence-electron chi connectivity index (χ3n) is 3.71. The molecule has 0 saturated carbocycles. The van der Waals surface area contributed by atoms with Gasteiger partial charge in [0.25, 0.3) is 0 Å². The molecule has 0 bridgehead atoms. The summed E-state index contributed by atoms with van der Waals surface area (Å²) in [6.07, 6.45) is 0.0873. The SMILES string of the molecule is O=C(CS[C@H]1CC(=O)N(c2ccc(Br)cc2)C1=O)Nc1cccc(Cl)c1. The molecule has 0 aliphatic carbocycles. The molecule has 5 nitrogen and oxygen atoms in total. The predicted molar refractivity (Wildman–Crippen MR) is 108 cm³/mol. The first-order chi connectivity index (χ1) is 12.4. The number of carbonyl (C=O) groups is 3. The molecule has 2 aromatic carbocycles. The number of thioether (sulfide) groups is 1. The predicted octanol–water partition coefficient (Wildman–Crippen LogP) is 4.11. The number of hydrogen-bond donors (Lipinski definition) is 1. The van der Waals surface area contributed by atoms with Gasteiger partial charge in [0.2, 0.25) is 17.7 Å². The molecule has 1 heterocycles. The molecule has 26 heavy (non-hydrogen) atoms. The molecule has 0 aromatic heterocycles. The molecule has 1 fully saturated rings. The molecular weight excluding hydrogens is 440 g/mol. The van der Waals surface area contributed by atoms with E-state index in [2.05, 4.69) is 21.2 Å². The van der Waals surface area contributed by atoms with Crippen molar-refractivity contribution in [3.63, 3.8) is 0 Å². The van der Waals surface area contributed by atoms with Crippen molar-refractivity contribution in [1.29, 1.82) is 0 Å². The normalized spacial score (nSPS) is 16.8. The quantitative estimate of drug-likeness (QED) is 0.692. The van der Waals surface area contributed by atoms with E-state index in [-0.39, 0.29) is 29.9 Å². The number of benzene rings is 2. The summed E-state index contributed by atoms with van der Waals surface area (Å²) in [5.74, 6) is -0.729. The fraction of sp³-hybridized carbons (Fsp3) is 0.167. The highest BCUT2D eigenvalue weighted by Gasteiger charge is 2.40. The van der Waals surface area contributed by atoms with Crippen molar-refractivity contribution >= 4 is 68.4 Å². The van der Waals surface area contributed by atoms with Gasteiger partial charge in [-0.1, -0.05) is 33.6 Å². The summed E-state index contributed by atoms with van der Waals surface area (Å²) in [6.45, 7) is 0. The summed E-state index contributed by atoms with van der Waals surface area (Å²) < 4.78 is 0.865. The van der Waals surface area contributed by atoms with Crippen molar-refractivity contribution in [3.05, 3.63) is 58.0 Å². The molecule has 1 N–H and O–H groups in total. The van der Waals surface area contributed by atoms with Crippen molar-refractivity contribution in [2.24, 2.45) is 0 Å². The van der Waals surface area contributed by atoms with Crippen LogP contribution < -0.4 is 10.2 Å². The zero-order valence-corrected chi connectivity index (χ0v) is 16.6. The summed E-state index contributed by atoms with van der Waals surface area (Å²) >= 11 is 10.4. The maximum absolute atomic E-state index is 12.5. The standard InChI is InChI=1S/C18H14BrClN2O3S/c19-11-4-6-14(7-5-11)22-17(24)9-15(18(22)25)26-10-16(23)21-13-3-1-2-12(20)8-13/h1-8,15H,9-10H2,(H,21,23)/t15-/m0/s1. The first-order valence-corrected chi connectivity index (χ1v) is 9.95. The molecule has 1 atom stereocenters. The summed E-state index contributed by atoms with van der Waals surface area (Å²) in [4.78, 5) is 38.0. The molecule has 3 amide bonds. The van der Waals surface area contributed by atoms with E-state index in [0.29, 0.717) is 16.4 Å². The van der Waals surface area contributed by atoms with Gasteiger partial charge in [0.15, 0.2) is 0 Å². The Labute approximate surface area is 168 Å². The third-order valence-corrected chi connectivity index (χ3v) is 5.68. The van der Waals surface area contributed by atoms with Crippen molar-refractivity contribution in [2.75, 3.05) is 16.0 Å². The molecule has 0 spiro atoms. The number of amides is 3. The van der Waals surface area contributed by atoms with Crippen molar-refractivity contribution in [2.45, 2.75) is 11.7 Å². The van der Waals surface area contributed by atoms with Crippen molar-refractivity contribution in [3.8, 4) is 0 Å². The Morgan fingerprint density at radius 1 is 1.23 bits per heavy atom. The second-order valence-corrected chi connectivity index (χ2v) is 8.15. The zero-order chi connectivity index (χ0) is 18.7. The summed E-state index contributed by atoms with van der Waals surface area (Å²) in [5, 5.41) is 2.69. The van der Waals surface area contributed by atoms with Gasteiger partial charge in [-0.3, -0.25) is 14.4 Å². The third kappa shape index (κ3) is 4.47. The van der Waals surface area contributed by atoms with E-state index in [1.54, 1.807) is 48.5 Å². The van der Waals surface area contributed by atoms with Crippen LogP contribution >= 0.6 is 39.3 Å². The molecule has 0 radical (unpaired) electrons. The second-order valence-electron chi connectivity index (χ2n) is 5.61. The maximum Gasteiger partial charge on any atom is 0.247 e. The summed E-state index contributed by atoms with van der Waals surface area (Å²) in [5.41, 5.74) is 1.13. The minimum absolute atomic E-state index is 0.0738. The Kier molecular flexibility index (Phi) is 6.01. The smallest absolute Gasteiger partial charge is 0.247 e. The van der Waals surface area contributed by atoms with Crippen LogP contribution in [0.15, 0.2) is 53.0 Å². The largest absolute Gasteiger partial charge is 0.325 e. The van der Waals surface area contributed by atoms with Crippen LogP contribution in [0.3, 0.4) is 0 Å². The van der Waals surface area contributed by atoms with E-state index < -0.39 is 5.25 Å². The summed E-state index contributed by atoms with van der Waals surface area (Å²) in [7, 11) is 0. The molecule has 1 aliphatic heterocycles. The van der Waals surface area contributed by atoms with E-state index in [1.165, 1.54) is 4.90 Å². The highest BCUT2D eigenvalue weighted by atomic mass is 79.9. The number of halogens is 2. The average Bonchev–Trinajstić information content (AvgIpc) is 2.88. The molecule has 134 valence electrons. The monoisotopic (exact) mass is 452 g/mol. The second kappa shape index (κ2) is 8.24. The lowest BCUT2D eigenvalue weighted by Gasteiger charge is -2.15. The van der Waals surface area contributed by atoms with Crippen LogP contribution in [-0.2, 0) is 14.4 Å². The number of nitrogens with one attached hydrogen (secondary N) is 1. The first-order valence-electron chi connectivity index (χ1n) is 7.73. The van der Waals surface area contributed by atoms with E-state index in [4.69, 9.17) is 11.6 Å². The van der Waals surface area contributed by atoms with Crippen LogP contribution in [-0.4, -0.2) is 28.7 Å². The number of rotatable bonds is 5. The molecule has 1 saturated heterocycles. The molecule has 8 heteroatoms. The topological polar surface area (TPSA) is 66.5 Å². The van der Waals surface area contributed by atoms with Gasteiger partial charge in [-0.25, -0.2) is 4.90 Å². The molecular formula is C18H14BrClN2O3S. The Bertz CT molecular complexity index is 860. The van der Waals surface area contributed by atoms with Gasteiger partial charge in [0.05, 0.1) is 16.7 Å². The molecule has 2 aromatic rings. The average molecular weight is 454 g/mol. The lowest BCUT2D eigenvalue weighted by atomic mass is 10.3. The number of anilines is 2. The van der Waals surface area contributed by atoms with Crippen LogP contribution in [0.2, 0.25) is 5.02 Å². The molecule has 3 rings (SSSR count). The highest BCUT2D eigenvalue weighted by Crippen LogP contribution is 2.30. The maximum atomic E-state index is 12.5. The summed E-state index contributed by atoms with van der Waals surface area (Å²) in [6, 6.07) is 13.8. The lowest BCUT2D eigenvalue weighted by molar-refractivity contribution is -0.121. The number of hydrogen-bond acceptors (Lipinski definition) is 4.